The molecule has 0 aliphatic rings. The Kier molecular flexibility index (Phi) is 4.13. The van der Waals surface area contributed by atoms with E-state index in [0.717, 1.165) is 9.85 Å². The highest BCUT2D eigenvalue weighted by molar-refractivity contribution is 9.11. The van der Waals surface area contributed by atoms with Crippen LogP contribution in [0.5, 0.6) is 0 Å². The van der Waals surface area contributed by atoms with Crippen molar-refractivity contribution in [3.05, 3.63) is 48.9 Å². The number of carbonyl (C=O) groups excluding carboxylic acids is 1. The highest BCUT2D eigenvalue weighted by Gasteiger charge is 2.15. The zero-order chi connectivity index (χ0) is 14.0. The normalized spacial score (nSPS) is 10.2. The Morgan fingerprint density at radius 2 is 2.26 bits per heavy atom. The summed E-state index contributed by atoms with van der Waals surface area (Å²) in [6.07, 6.45) is 1.55. The molecule has 0 radical (unpaired) electrons. The van der Waals surface area contributed by atoms with Gasteiger partial charge in [-0.25, -0.2) is 4.98 Å². The number of amides is 1. The van der Waals surface area contributed by atoms with Crippen LogP contribution in [0.15, 0.2) is 28.2 Å². The summed E-state index contributed by atoms with van der Waals surface area (Å²) in [4.78, 5) is 25.8. The van der Waals surface area contributed by atoms with Gasteiger partial charge in [0.25, 0.3) is 11.6 Å². The Bertz CT molecular complexity index is 661. The van der Waals surface area contributed by atoms with Crippen molar-refractivity contribution < 1.29 is 9.72 Å². The van der Waals surface area contributed by atoms with Crippen LogP contribution in [0.3, 0.4) is 0 Å². The maximum Gasteiger partial charge on any atom is 0.270 e. The number of anilines is 1. The number of nitro benzene ring substituents is 1. The van der Waals surface area contributed by atoms with Crippen molar-refractivity contribution in [1.82, 2.24) is 4.98 Å². The first-order valence-electron chi connectivity index (χ1n) is 4.84. The minimum absolute atomic E-state index is 0.0160. The lowest BCUT2D eigenvalue weighted by Crippen LogP contribution is -2.12. The van der Waals surface area contributed by atoms with E-state index in [1.807, 2.05) is 0 Å². The fourth-order valence-corrected chi connectivity index (χ4v) is 2.64. The van der Waals surface area contributed by atoms with Gasteiger partial charge in [-0.05, 0) is 22.0 Å². The fraction of sp³-hybridized carbons (Fsp3) is 0. The predicted molar refractivity (Wildman–Crippen MR) is 75.9 cm³/mol. The second-order valence-corrected chi connectivity index (χ2v) is 6.16. The summed E-state index contributed by atoms with van der Waals surface area (Å²) < 4.78 is 0.776. The van der Waals surface area contributed by atoms with E-state index in [0.29, 0.717) is 5.13 Å². The number of aromatic nitrogens is 1. The Morgan fingerprint density at radius 1 is 1.53 bits per heavy atom. The largest absolute Gasteiger partial charge is 0.298 e. The molecule has 0 fully saturated rings. The Labute approximate surface area is 124 Å². The van der Waals surface area contributed by atoms with Gasteiger partial charge in [0.05, 0.1) is 25.5 Å². The summed E-state index contributed by atoms with van der Waals surface area (Å²) in [6, 6.07) is 3.66. The summed E-state index contributed by atoms with van der Waals surface area (Å²) >= 11 is 10.3. The molecule has 1 heterocycles. The van der Waals surface area contributed by atoms with E-state index in [1.165, 1.54) is 23.5 Å². The van der Waals surface area contributed by atoms with E-state index < -0.39 is 10.8 Å². The van der Waals surface area contributed by atoms with Crippen LogP contribution in [0.25, 0.3) is 0 Å². The molecule has 1 N–H and O–H groups in total. The first kappa shape index (κ1) is 13.9. The average Bonchev–Trinajstić information content (AvgIpc) is 2.74. The van der Waals surface area contributed by atoms with Gasteiger partial charge in [-0.1, -0.05) is 22.9 Å². The third-order valence-corrected chi connectivity index (χ3v) is 3.81. The van der Waals surface area contributed by atoms with Crippen LogP contribution in [0.2, 0.25) is 5.02 Å². The van der Waals surface area contributed by atoms with Crippen molar-refractivity contribution in [3.63, 3.8) is 0 Å². The summed E-state index contributed by atoms with van der Waals surface area (Å²) in [5.41, 5.74) is -0.0165. The molecule has 0 saturated carbocycles. The van der Waals surface area contributed by atoms with E-state index in [1.54, 1.807) is 6.20 Å². The molecule has 6 nitrogen and oxygen atoms in total. The van der Waals surface area contributed by atoms with Gasteiger partial charge >= 0.3 is 0 Å². The molecule has 0 spiro atoms. The molecule has 0 unspecified atom stereocenters. The molecular weight excluding hydrogens is 358 g/mol. The second kappa shape index (κ2) is 5.64. The van der Waals surface area contributed by atoms with Gasteiger partial charge in [0.1, 0.15) is 0 Å². The van der Waals surface area contributed by atoms with E-state index in [-0.39, 0.29) is 16.3 Å². The summed E-state index contributed by atoms with van der Waals surface area (Å²) in [6.45, 7) is 0. The van der Waals surface area contributed by atoms with Gasteiger partial charge in [-0.15, -0.1) is 0 Å². The number of benzene rings is 1. The SMILES string of the molecule is O=C(Nc1ncc(Br)s1)c1ccc([N+](=O)[O-])cc1Cl. The third kappa shape index (κ3) is 3.28. The maximum absolute atomic E-state index is 11.9. The number of hydrogen-bond donors (Lipinski definition) is 1. The van der Waals surface area contributed by atoms with Crippen molar-refractivity contribution in [2.45, 2.75) is 0 Å². The highest BCUT2D eigenvalue weighted by atomic mass is 79.9. The van der Waals surface area contributed by atoms with Crippen LogP contribution in [-0.2, 0) is 0 Å². The van der Waals surface area contributed by atoms with E-state index in [4.69, 9.17) is 11.6 Å². The zero-order valence-corrected chi connectivity index (χ0v) is 12.3. The summed E-state index contributed by atoms with van der Waals surface area (Å²) in [5, 5.41) is 13.5. The molecule has 0 atom stereocenters. The van der Waals surface area contributed by atoms with Gasteiger partial charge in [0, 0.05) is 12.1 Å². The number of hydrogen-bond acceptors (Lipinski definition) is 5. The fourth-order valence-electron chi connectivity index (χ4n) is 1.28. The lowest BCUT2D eigenvalue weighted by molar-refractivity contribution is -0.384. The van der Waals surface area contributed by atoms with E-state index >= 15 is 0 Å². The topological polar surface area (TPSA) is 85.1 Å². The van der Waals surface area contributed by atoms with Crippen molar-refractivity contribution in [1.29, 1.82) is 0 Å². The van der Waals surface area contributed by atoms with Crippen molar-refractivity contribution >= 4 is 55.6 Å². The lowest BCUT2D eigenvalue weighted by atomic mass is 10.2. The molecule has 1 aromatic carbocycles. The zero-order valence-electron chi connectivity index (χ0n) is 9.09. The average molecular weight is 363 g/mol. The number of carbonyl (C=O) groups is 1. The molecule has 2 aromatic rings. The number of thiazole rings is 1. The molecule has 98 valence electrons. The van der Waals surface area contributed by atoms with Crippen molar-refractivity contribution in [2.75, 3.05) is 5.32 Å². The van der Waals surface area contributed by atoms with E-state index in [9.17, 15) is 14.9 Å². The van der Waals surface area contributed by atoms with Gasteiger partial charge < -0.3 is 0 Å². The Hall–Kier alpha value is -1.51. The molecule has 0 bridgehead atoms. The third-order valence-electron chi connectivity index (χ3n) is 2.11. The minimum Gasteiger partial charge on any atom is -0.298 e. The molecule has 0 aliphatic heterocycles. The van der Waals surface area contributed by atoms with Crippen molar-refractivity contribution in [2.24, 2.45) is 0 Å². The van der Waals surface area contributed by atoms with Crippen LogP contribution in [0.4, 0.5) is 10.8 Å². The number of non-ortho nitro benzene ring substituents is 1. The molecule has 0 aliphatic carbocycles. The number of nitrogens with one attached hydrogen (secondary N) is 1. The van der Waals surface area contributed by atoms with Gasteiger partial charge in [0.2, 0.25) is 0 Å². The summed E-state index contributed by atoms with van der Waals surface area (Å²) in [7, 11) is 0. The number of rotatable bonds is 3. The lowest BCUT2D eigenvalue weighted by Gasteiger charge is -2.03. The van der Waals surface area contributed by atoms with Gasteiger partial charge in [-0.3, -0.25) is 20.2 Å². The molecular formula is C10H5BrClN3O3S. The number of nitrogens with zero attached hydrogens (tertiary/aromatic N) is 2. The van der Waals surface area contributed by atoms with Crippen LogP contribution >= 0.6 is 38.9 Å². The van der Waals surface area contributed by atoms with Crippen LogP contribution in [0, 0.1) is 10.1 Å². The molecule has 1 amide bonds. The Morgan fingerprint density at radius 3 is 2.79 bits per heavy atom. The molecule has 19 heavy (non-hydrogen) atoms. The first-order chi connectivity index (χ1) is 8.97. The second-order valence-electron chi connectivity index (χ2n) is 3.34. The van der Waals surface area contributed by atoms with Gasteiger partial charge in [-0.2, -0.15) is 0 Å². The number of halogens is 2. The maximum atomic E-state index is 11.9. The quantitative estimate of drug-likeness (QED) is 0.666. The first-order valence-corrected chi connectivity index (χ1v) is 6.83. The highest BCUT2D eigenvalue weighted by Crippen LogP contribution is 2.26. The standard InChI is InChI=1S/C10H5BrClN3O3S/c11-8-4-13-10(19-8)14-9(16)6-2-1-5(15(17)18)3-7(6)12/h1-4H,(H,13,14,16). The van der Waals surface area contributed by atoms with Crippen LogP contribution in [-0.4, -0.2) is 15.8 Å². The smallest absolute Gasteiger partial charge is 0.270 e. The predicted octanol–water partition coefficient (Wildman–Crippen LogP) is 3.72. The minimum atomic E-state index is -0.578. The summed E-state index contributed by atoms with van der Waals surface area (Å²) in [5.74, 6) is -0.471. The van der Waals surface area contributed by atoms with Crippen LogP contribution in [0.1, 0.15) is 10.4 Å². The van der Waals surface area contributed by atoms with Crippen molar-refractivity contribution in [3.8, 4) is 0 Å². The van der Waals surface area contributed by atoms with Gasteiger partial charge in [0.15, 0.2) is 5.13 Å². The Balaban J connectivity index is 2.22. The monoisotopic (exact) mass is 361 g/mol. The van der Waals surface area contributed by atoms with E-state index in [2.05, 4.69) is 26.2 Å². The molecule has 0 saturated heterocycles. The van der Waals surface area contributed by atoms with Crippen LogP contribution < -0.4 is 5.32 Å². The molecule has 9 heteroatoms. The number of nitro groups is 1. The molecule has 1 aromatic heterocycles. The molecule has 2 rings (SSSR count).